The Morgan fingerprint density at radius 1 is 0.800 bits per heavy atom. The van der Waals surface area contributed by atoms with Gasteiger partial charge in [-0.05, 0) is 0 Å². The first-order chi connectivity index (χ1) is 3.46. The van der Waals surface area contributed by atoms with Gasteiger partial charge in [0.15, 0.2) is 0 Å². The molecule has 0 amide bonds. The van der Waals surface area contributed by atoms with Crippen LogP contribution in [-0.4, -0.2) is 56.1 Å². The molecule has 52 valence electrons. The second-order valence-electron chi connectivity index (χ2n) is 0.500. The average Bonchev–Trinajstić information content (AvgIpc) is 1.25. The van der Waals surface area contributed by atoms with E-state index >= 15 is 0 Å². The van der Waals surface area contributed by atoms with Gasteiger partial charge >= 0.3 is 59.5 Å². The minimum absolute atomic E-state index is 0. The van der Waals surface area contributed by atoms with Crippen LogP contribution < -0.4 is 19.2 Å². The van der Waals surface area contributed by atoms with E-state index in [4.69, 9.17) is 28.1 Å². The van der Waals surface area contributed by atoms with Gasteiger partial charge in [0.25, 0.3) is 0 Å². The second kappa shape index (κ2) is 16.7. The normalized spacial score (nSPS) is 4.80. The maximum Gasteiger partial charge on any atom is 4.00 e. The van der Waals surface area contributed by atoms with E-state index in [9.17, 15) is 0 Å². The average molecular weight is 242 g/mol. The molecule has 0 aliphatic heterocycles. The molecule has 0 heterocycles. The van der Waals surface area contributed by atoms with E-state index in [-0.39, 0.29) is 59.5 Å². The molecule has 0 atom stereocenters. The molecule has 0 saturated heterocycles. The van der Waals surface area contributed by atoms with Crippen LogP contribution in [0.4, 0.5) is 0 Å². The summed E-state index contributed by atoms with van der Waals surface area (Å²) in [5, 5.41) is 0. The van der Waals surface area contributed by atoms with E-state index in [0.717, 1.165) is 0 Å². The first-order valence-electron chi connectivity index (χ1n) is 1.22. The summed E-state index contributed by atoms with van der Waals surface area (Å²) in [5.74, 6) is 0. The first-order valence-corrected chi connectivity index (χ1v) is 3.67. The molecule has 0 unspecified atom stereocenters. The van der Waals surface area contributed by atoms with Crippen molar-refractivity contribution in [3.05, 3.63) is 0 Å². The molecule has 0 saturated carbocycles. The molecular formula is H2CaO6Si2Ti. The minimum Gasteiger partial charge on any atom is 4.00 e. The van der Waals surface area contributed by atoms with Crippen molar-refractivity contribution in [1.29, 1.82) is 0 Å². The summed E-state index contributed by atoms with van der Waals surface area (Å²) in [6.07, 6.45) is 0. The molecule has 0 aromatic carbocycles. The molecule has 0 aromatic heterocycles. The van der Waals surface area contributed by atoms with Gasteiger partial charge in [0.05, 0.1) is 0 Å². The van der Waals surface area contributed by atoms with Crippen LogP contribution in [-0.2, 0) is 30.6 Å². The molecule has 0 rings (SSSR count). The Labute approximate surface area is 105 Å². The summed E-state index contributed by atoms with van der Waals surface area (Å²) in [4.78, 5) is 34.1. The Morgan fingerprint density at radius 3 is 0.800 bits per heavy atom. The van der Waals surface area contributed by atoms with Crippen molar-refractivity contribution >= 4 is 56.1 Å². The maximum atomic E-state index is 8.52. The first kappa shape index (κ1) is 22.5. The molecule has 0 N–H and O–H groups in total. The molecule has 0 aromatic rings. The molecule has 0 aliphatic carbocycles. The largest absolute Gasteiger partial charge is 4.00 e. The zero-order chi connectivity index (χ0) is 7.15. The summed E-state index contributed by atoms with van der Waals surface area (Å²) in [6, 6.07) is 0. The van der Waals surface area contributed by atoms with Gasteiger partial charge in [-0.1, -0.05) is 0 Å². The molecule has 10 heavy (non-hydrogen) atoms. The summed E-state index contributed by atoms with van der Waals surface area (Å²) in [7, 11) is -7.26. The van der Waals surface area contributed by atoms with E-state index in [1.165, 1.54) is 0 Å². The summed E-state index contributed by atoms with van der Waals surface area (Å²) in [5.41, 5.74) is 0. The number of hydrogen-bond acceptors (Lipinski definition) is 6. The van der Waals surface area contributed by atoms with Crippen LogP contribution >= 0.6 is 0 Å². The van der Waals surface area contributed by atoms with Crippen molar-refractivity contribution < 1.29 is 49.8 Å². The van der Waals surface area contributed by atoms with Gasteiger partial charge < -0.3 is 28.1 Å². The third kappa shape index (κ3) is 425. The fourth-order valence-electron chi connectivity index (χ4n) is 0. The van der Waals surface area contributed by atoms with Gasteiger partial charge in [0.2, 0.25) is 0 Å². The summed E-state index contributed by atoms with van der Waals surface area (Å²) in [6.45, 7) is 0. The Kier molecular flexibility index (Phi) is 37.4. The van der Waals surface area contributed by atoms with E-state index in [2.05, 4.69) is 0 Å². The Morgan fingerprint density at radius 2 is 0.800 bits per heavy atom. The van der Waals surface area contributed by atoms with Crippen molar-refractivity contribution in [2.24, 2.45) is 0 Å². The fourth-order valence-corrected chi connectivity index (χ4v) is 0. The molecule has 0 aliphatic rings. The topological polar surface area (TPSA) is 126 Å². The smallest absolute Gasteiger partial charge is 4.00 e. The Hall–Kier alpha value is 1.21. The molecule has 0 spiro atoms. The molecular weight excluding hydrogens is 240 g/mol. The second-order valence-corrected chi connectivity index (χ2v) is 1.50. The van der Waals surface area contributed by atoms with Crippen molar-refractivity contribution in [2.75, 3.05) is 0 Å². The standard InChI is InChI=1S/Ca.2O3Si.Ti.2H/c;2*1-4(2)3;;;/q;2*-2;+4;;. The number of rotatable bonds is 0. The molecule has 10 heteroatoms. The molecule has 0 fully saturated rings. The Balaban J connectivity index is -0.0000000300. The van der Waals surface area contributed by atoms with Crippen molar-refractivity contribution in [3.63, 3.8) is 0 Å². The molecule has 0 bridgehead atoms. The van der Waals surface area contributed by atoms with Crippen molar-refractivity contribution in [1.82, 2.24) is 0 Å². The summed E-state index contributed by atoms with van der Waals surface area (Å²) >= 11 is 0. The monoisotopic (exact) mass is 242 g/mol. The van der Waals surface area contributed by atoms with Gasteiger partial charge in [0.1, 0.15) is 0 Å². The summed E-state index contributed by atoms with van der Waals surface area (Å²) < 4.78 is 17.0. The van der Waals surface area contributed by atoms with Gasteiger partial charge in [-0.15, -0.1) is 0 Å². The van der Waals surface area contributed by atoms with Crippen LogP contribution in [0.15, 0.2) is 0 Å². The van der Waals surface area contributed by atoms with Crippen LogP contribution in [0.2, 0.25) is 0 Å². The van der Waals surface area contributed by atoms with Gasteiger partial charge in [-0.3, -0.25) is 0 Å². The minimum atomic E-state index is -3.63. The van der Waals surface area contributed by atoms with Gasteiger partial charge in [-0.2, -0.15) is 0 Å². The zero-order valence-corrected chi connectivity index (χ0v) is 7.51. The quantitative estimate of drug-likeness (QED) is 0.388. The third-order valence-corrected chi connectivity index (χ3v) is 0. The van der Waals surface area contributed by atoms with Crippen LogP contribution in [0.25, 0.3) is 0 Å². The number of hydrogen-bond donors (Lipinski definition) is 0. The van der Waals surface area contributed by atoms with Gasteiger partial charge in [0, 0.05) is 18.3 Å². The fraction of sp³-hybridized carbons (Fsp3) is 0. The van der Waals surface area contributed by atoms with Crippen molar-refractivity contribution in [2.45, 2.75) is 0 Å². The van der Waals surface area contributed by atoms with Crippen LogP contribution in [0.3, 0.4) is 0 Å². The van der Waals surface area contributed by atoms with E-state index in [1.807, 2.05) is 0 Å². The predicted molar refractivity (Wildman–Crippen MR) is 21.4 cm³/mol. The van der Waals surface area contributed by atoms with Crippen molar-refractivity contribution in [3.8, 4) is 0 Å². The van der Waals surface area contributed by atoms with Crippen LogP contribution in [0.5, 0.6) is 0 Å². The van der Waals surface area contributed by atoms with Gasteiger partial charge in [-0.25, -0.2) is 0 Å². The Bertz CT molecular complexity index is 73.7. The molecule has 6 nitrogen and oxygen atoms in total. The van der Waals surface area contributed by atoms with Crippen LogP contribution in [0.1, 0.15) is 0 Å². The van der Waals surface area contributed by atoms with E-state index in [0.29, 0.717) is 0 Å². The van der Waals surface area contributed by atoms with E-state index < -0.39 is 18.3 Å². The van der Waals surface area contributed by atoms with E-state index in [1.54, 1.807) is 0 Å². The predicted octanol–water partition coefficient (Wildman–Crippen LogP) is -6.67. The van der Waals surface area contributed by atoms with Crippen LogP contribution in [0, 0.1) is 0 Å². The SMILES string of the molecule is O=[Si]([O-])[O-].O=[Si]([O-])[O-].[CaH2].[Ti+4]. The molecule has 0 radical (unpaired) electrons. The third-order valence-electron chi connectivity index (χ3n) is 0. The maximum absolute atomic E-state index is 8.52. The zero-order valence-electron chi connectivity index (χ0n) is 3.95.